The van der Waals surface area contributed by atoms with Gasteiger partial charge in [0.1, 0.15) is 5.82 Å². The molecule has 0 atom stereocenters. The largest absolute Gasteiger partial charge is 0.342 e. The van der Waals surface area contributed by atoms with Crippen molar-refractivity contribution in [2.24, 2.45) is 0 Å². The molecule has 1 aliphatic rings. The third-order valence-electron chi connectivity index (χ3n) is 7.87. The molecule has 0 amide bonds. The molecule has 7 nitrogen and oxygen atoms in total. The van der Waals surface area contributed by atoms with Gasteiger partial charge in [-0.2, -0.15) is 5.10 Å². The van der Waals surface area contributed by atoms with Crippen LogP contribution in [0, 0.1) is 13.8 Å². The van der Waals surface area contributed by atoms with E-state index in [1.807, 2.05) is 19.3 Å². The smallest absolute Gasteiger partial charge is 0.225 e. The van der Waals surface area contributed by atoms with Crippen molar-refractivity contribution in [3.8, 4) is 16.9 Å². The van der Waals surface area contributed by atoms with Crippen molar-refractivity contribution >= 4 is 17.0 Å². The number of fused-ring (bicyclic) bond motifs is 2. The van der Waals surface area contributed by atoms with Gasteiger partial charge in [-0.15, -0.1) is 0 Å². The normalized spacial score (nSPS) is 13.3. The van der Waals surface area contributed by atoms with Crippen LogP contribution in [0.3, 0.4) is 0 Å². The average molecular weight is 506 g/mol. The molecular weight excluding hydrogens is 470 g/mol. The molecule has 4 heterocycles. The van der Waals surface area contributed by atoms with Crippen molar-refractivity contribution in [1.82, 2.24) is 29.7 Å². The van der Waals surface area contributed by atoms with E-state index in [1.54, 1.807) is 0 Å². The zero-order valence-electron chi connectivity index (χ0n) is 23.0. The van der Waals surface area contributed by atoms with Gasteiger partial charge in [-0.25, -0.2) is 19.6 Å². The van der Waals surface area contributed by atoms with Crippen molar-refractivity contribution < 1.29 is 0 Å². The fourth-order valence-corrected chi connectivity index (χ4v) is 5.76. The van der Waals surface area contributed by atoms with Gasteiger partial charge in [-0.05, 0) is 61.4 Å². The van der Waals surface area contributed by atoms with Crippen LogP contribution in [0.25, 0.3) is 28.0 Å². The Bertz CT molecular complexity index is 1600. The lowest BCUT2D eigenvalue weighted by Gasteiger charge is -2.27. The first-order chi connectivity index (χ1) is 18.5. The zero-order valence-corrected chi connectivity index (χ0v) is 23.0. The Morgan fingerprint density at radius 2 is 1.66 bits per heavy atom. The number of anilines is 1. The molecule has 0 saturated carbocycles. The van der Waals surface area contributed by atoms with Gasteiger partial charge < -0.3 is 9.88 Å². The summed E-state index contributed by atoms with van der Waals surface area (Å²) in [5.41, 5.74) is 13.0. The van der Waals surface area contributed by atoms with Crippen molar-refractivity contribution in [2.45, 2.75) is 66.8 Å². The Morgan fingerprint density at radius 3 is 2.34 bits per heavy atom. The predicted octanol–water partition coefficient (Wildman–Crippen LogP) is 6.07. The fourth-order valence-electron chi connectivity index (χ4n) is 5.76. The van der Waals surface area contributed by atoms with E-state index in [0.29, 0.717) is 0 Å². The van der Waals surface area contributed by atoms with E-state index >= 15 is 0 Å². The maximum atomic E-state index is 5.32. The molecule has 0 spiro atoms. The minimum Gasteiger partial charge on any atom is -0.342 e. The number of para-hydroxylation sites is 1. The number of imidazole rings is 1. The number of hydrogen-bond donors (Lipinski definition) is 1. The van der Waals surface area contributed by atoms with E-state index in [-0.39, 0.29) is 0 Å². The lowest BCUT2D eigenvalue weighted by atomic mass is 9.96. The molecule has 38 heavy (non-hydrogen) atoms. The number of aromatic amines is 1. The van der Waals surface area contributed by atoms with E-state index in [9.17, 15) is 0 Å². The number of aromatic nitrogens is 6. The van der Waals surface area contributed by atoms with Gasteiger partial charge >= 0.3 is 0 Å². The molecule has 1 N–H and O–H groups in total. The number of nitrogens with one attached hydrogen (secondary N) is 1. The Labute approximate surface area is 224 Å². The highest BCUT2D eigenvalue weighted by molar-refractivity contribution is 5.87. The Kier molecular flexibility index (Phi) is 6.22. The molecule has 0 aliphatic carbocycles. The Hall–Kier alpha value is -4.00. The topological polar surface area (TPSA) is 75.5 Å². The van der Waals surface area contributed by atoms with Gasteiger partial charge in [-0.3, -0.25) is 0 Å². The first kappa shape index (κ1) is 24.3. The summed E-state index contributed by atoms with van der Waals surface area (Å²) in [4.78, 5) is 19.9. The molecular formula is C31H35N7. The van der Waals surface area contributed by atoms with E-state index < -0.39 is 0 Å². The van der Waals surface area contributed by atoms with Crippen LogP contribution in [0.2, 0.25) is 0 Å². The minimum absolute atomic E-state index is 0.725. The molecule has 5 aromatic rings. The van der Waals surface area contributed by atoms with E-state index in [4.69, 9.17) is 20.1 Å². The third kappa shape index (κ3) is 3.97. The van der Waals surface area contributed by atoms with Gasteiger partial charge in [0, 0.05) is 43.0 Å². The number of nitrogens with zero attached hydrogens (tertiary/aromatic N) is 6. The van der Waals surface area contributed by atoms with Gasteiger partial charge in [-0.1, -0.05) is 45.0 Å². The lowest BCUT2D eigenvalue weighted by Crippen LogP contribution is -2.31. The van der Waals surface area contributed by atoms with Crippen LogP contribution in [0.5, 0.6) is 0 Å². The second kappa shape index (κ2) is 9.71. The summed E-state index contributed by atoms with van der Waals surface area (Å²) >= 11 is 0. The SMILES string of the molecule is CCc1cnc(N2CCc3nn(-c4c(CC)cccc4CC)c(-c4ccc5[nH]c(C)nc5c4C)c3C2)nc1. The quantitative estimate of drug-likeness (QED) is 0.303. The molecule has 0 unspecified atom stereocenters. The molecule has 0 radical (unpaired) electrons. The van der Waals surface area contributed by atoms with Crippen molar-refractivity contribution in [3.63, 3.8) is 0 Å². The van der Waals surface area contributed by atoms with E-state index in [1.165, 1.54) is 33.5 Å². The summed E-state index contributed by atoms with van der Waals surface area (Å²) < 4.78 is 2.24. The summed E-state index contributed by atoms with van der Waals surface area (Å²) in [7, 11) is 0. The molecule has 3 aromatic heterocycles. The average Bonchev–Trinajstić information content (AvgIpc) is 3.52. The van der Waals surface area contributed by atoms with Gasteiger partial charge in [0.25, 0.3) is 0 Å². The molecule has 194 valence electrons. The highest BCUT2D eigenvalue weighted by atomic mass is 15.3. The van der Waals surface area contributed by atoms with Crippen molar-refractivity contribution in [2.75, 3.05) is 11.4 Å². The summed E-state index contributed by atoms with van der Waals surface area (Å²) in [6.45, 7) is 12.4. The van der Waals surface area contributed by atoms with Crippen LogP contribution >= 0.6 is 0 Å². The monoisotopic (exact) mass is 505 g/mol. The lowest BCUT2D eigenvalue weighted by molar-refractivity contribution is 0.693. The van der Waals surface area contributed by atoms with Crippen molar-refractivity contribution in [1.29, 1.82) is 0 Å². The Balaban J connectivity index is 1.58. The van der Waals surface area contributed by atoms with E-state index in [2.05, 4.69) is 72.6 Å². The third-order valence-corrected chi connectivity index (χ3v) is 7.87. The summed E-state index contributed by atoms with van der Waals surface area (Å²) in [5, 5.41) is 5.32. The second-order valence-corrected chi connectivity index (χ2v) is 10.2. The molecule has 2 aromatic carbocycles. The molecule has 0 bridgehead atoms. The fraction of sp³-hybridized carbons (Fsp3) is 0.355. The maximum Gasteiger partial charge on any atom is 0.225 e. The zero-order chi connectivity index (χ0) is 26.4. The highest BCUT2D eigenvalue weighted by Crippen LogP contribution is 2.38. The summed E-state index contributed by atoms with van der Waals surface area (Å²) in [6, 6.07) is 11.0. The van der Waals surface area contributed by atoms with Crippen LogP contribution in [-0.2, 0) is 32.2 Å². The van der Waals surface area contributed by atoms with Crippen LogP contribution in [0.15, 0.2) is 42.7 Å². The highest BCUT2D eigenvalue weighted by Gasteiger charge is 2.29. The molecule has 0 fully saturated rings. The molecule has 1 aliphatic heterocycles. The van der Waals surface area contributed by atoms with Crippen LogP contribution in [0.4, 0.5) is 5.95 Å². The van der Waals surface area contributed by atoms with E-state index in [0.717, 1.165) is 78.5 Å². The second-order valence-electron chi connectivity index (χ2n) is 10.2. The molecule has 0 saturated heterocycles. The first-order valence-corrected chi connectivity index (χ1v) is 13.8. The van der Waals surface area contributed by atoms with Crippen LogP contribution in [-0.4, -0.2) is 36.3 Å². The number of H-pyrrole nitrogens is 1. The number of hydrogen-bond acceptors (Lipinski definition) is 5. The summed E-state index contributed by atoms with van der Waals surface area (Å²) in [5.74, 6) is 1.71. The molecule has 6 rings (SSSR count). The standard InChI is InChI=1S/C31H35N7/c1-6-21-16-32-31(33-17-21)37-15-14-26-25(18-37)30(24-12-13-27-28(19(24)4)35-20(5)34-27)38(36-26)29-22(7-2)10-9-11-23(29)8-3/h9-13,16-17H,6-8,14-15,18H2,1-5H3,(H,34,35). The van der Waals surface area contributed by atoms with Crippen LogP contribution in [0.1, 0.15) is 60.1 Å². The number of rotatable bonds is 6. The summed E-state index contributed by atoms with van der Waals surface area (Å²) in [6.07, 6.45) is 7.59. The maximum absolute atomic E-state index is 5.32. The Morgan fingerprint density at radius 1 is 0.921 bits per heavy atom. The number of aryl methyl sites for hydroxylation is 5. The van der Waals surface area contributed by atoms with Gasteiger partial charge in [0.2, 0.25) is 5.95 Å². The first-order valence-electron chi connectivity index (χ1n) is 13.8. The van der Waals surface area contributed by atoms with Crippen molar-refractivity contribution in [3.05, 3.63) is 82.1 Å². The molecule has 7 heteroatoms. The van der Waals surface area contributed by atoms with Gasteiger partial charge in [0.15, 0.2) is 0 Å². The number of benzene rings is 2. The predicted molar refractivity (Wildman–Crippen MR) is 153 cm³/mol. The minimum atomic E-state index is 0.725. The van der Waals surface area contributed by atoms with Crippen LogP contribution < -0.4 is 4.90 Å². The van der Waals surface area contributed by atoms with Gasteiger partial charge in [0.05, 0.1) is 28.1 Å².